The van der Waals surface area contributed by atoms with Crippen molar-refractivity contribution in [1.82, 2.24) is 15.5 Å². The normalized spacial score (nSPS) is 11.5. The van der Waals surface area contributed by atoms with E-state index in [0.29, 0.717) is 25.3 Å². The Kier molecular flexibility index (Phi) is 8.75. The van der Waals surface area contributed by atoms with Gasteiger partial charge in [-0.2, -0.15) is 0 Å². The van der Waals surface area contributed by atoms with E-state index in [1.54, 1.807) is 0 Å². The Hall–Kier alpha value is -2.44. The number of anilines is 2. The predicted molar refractivity (Wildman–Crippen MR) is 108 cm³/mol. The van der Waals surface area contributed by atoms with Crippen molar-refractivity contribution in [3.05, 3.63) is 23.8 Å². The molecular weight excluding hydrogens is 330 g/mol. The minimum Gasteiger partial charge on any atom is -0.377 e. The highest BCUT2D eigenvalue weighted by Crippen LogP contribution is 2.25. The molecule has 0 saturated heterocycles. The van der Waals surface area contributed by atoms with Gasteiger partial charge in [-0.15, -0.1) is 0 Å². The molecule has 0 aromatic heterocycles. The molecule has 0 spiro atoms. The van der Waals surface area contributed by atoms with Gasteiger partial charge in [-0.25, -0.2) is 9.59 Å². The zero-order chi connectivity index (χ0) is 19.7. The van der Waals surface area contributed by atoms with E-state index in [4.69, 9.17) is 0 Å². The molecule has 3 N–H and O–H groups in total. The van der Waals surface area contributed by atoms with Crippen LogP contribution >= 0.6 is 0 Å². The number of carbonyl (C=O) groups excluding carboxylic acids is 2. The molecule has 1 rings (SSSR count). The summed E-state index contributed by atoms with van der Waals surface area (Å²) in [7, 11) is 3.94. The SMILES string of the molecule is CCNC(=O)Nc1ccc(N(C)C)c(CN(C(=O)NCC)[C@H](C)CC)c1. The fourth-order valence-corrected chi connectivity index (χ4v) is 2.65. The third-order valence-electron chi connectivity index (χ3n) is 4.21. The molecule has 7 heteroatoms. The van der Waals surface area contributed by atoms with Crippen molar-refractivity contribution in [2.45, 2.75) is 46.7 Å². The number of hydrogen-bond donors (Lipinski definition) is 3. The Bertz CT molecular complexity index is 604. The Morgan fingerprint density at radius 1 is 1.08 bits per heavy atom. The van der Waals surface area contributed by atoms with Crippen molar-refractivity contribution in [3.8, 4) is 0 Å². The number of carbonyl (C=O) groups is 2. The van der Waals surface area contributed by atoms with Crippen molar-refractivity contribution in [3.63, 3.8) is 0 Å². The van der Waals surface area contributed by atoms with E-state index >= 15 is 0 Å². The predicted octanol–water partition coefficient (Wildman–Crippen LogP) is 3.22. The van der Waals surface area contributed by atoms with Gasteiger partial charge >= 0.3 is 12.1 Å². The van der Waals surface area contributed by atoms with Crippen LogP contribution in [0.15, 0.2) is 18.2 Å². The van der Waals surface area contributed by atoms with E-state index < -0.39 is 0 Å². The number of nitrogens with zero attached hydrogens (tertiary/aromatic N) is 2. The maximum absolute atomic E-state index is 12.5. The van der Waals surface area contributed by atoms with E-state index in [-0.39, 0.29) is 18.1 Å². The molecule has 1 atom stereocenters. The molecule has 0 radical (unpaired) electrons. The Balaban J connectivity index is 3.15. The third kappa shape index (κ3) is 6.13. The fraction of sp³-hybridized carbons (Fsp3) is 0.579. The number of amides is 4. The summed E-state index contributed by atoms with van der Waals surface area (Å²) < 4.78 is 0. The van der Waals surface area contributed by atoms with E-state index in [1.807, 2.05) is 62.9 Å². The lowest BCUT2D eigenvalue weighted by Crippen LogP contribution is -2.44. The minimum absolute atomic E-state index is 0.0753. The molecule has 0 fully saturated rings. The van der Waals surface area contributed by atoms with Crippen LogP contribution in [0.2, 0.25) is 0 Å². The molecule has 0 aliphatic carbocycles. The van der Waals surface area contributed by atoms with Crippen LogP contribution in [0.5, 0.6) is 0 Å². The van der Waals surface area contributed by atoms with E-state index in [0.717, 1.165) is 17.7 Å². The Labute approximate surface area is 157 Å². The highest BCUT2D eigenvalue weighted by molar-refractivity contribution is 5.89. The van der Waals surface area contributed by atoms with Gasteiger partial charge < -0.3 is 25.8 Å². The highest BCUT2D eigenvalue weighted by atomic mass is 16.2. The molecule has 1 aromatic carbocycles. The highest BCUT2D eigenvalue weighted by Gasteiger charge is 2.20. The maximum Gasteiger partial charge on any atom is 0.319 e. The van der Waals surface area contributed by atoms with Gasteiger partial charge in [0, 0.05) is 51.1 Å². The average molecular weight is 364 g/mol. The second-order valence-corrected chi connectivity index (χ2v) is 6.44. The second kappa shape index (κ2) is 10.5. The molecule has 0 bridgehead atoms. The molecule has 146 valence electrons. The number of urea groups is 2. The molecule has 0 aliphatic heterocycles. The van der Waals surface area contributed by atoms with Gasteiger partial charge in [0.05, 0.1) is 0 Å². The van der Waals surface area contributed by atoms with E-state index in [9.17, 15) is 9.59 Å². The molecule has 1 aromatic rings. The van der Waals surface area contributed by atoms with Gasteiger partial charge in [0.25, 0.3) is 0 Å². The smallest absolute Gasteiger partial charge is 0.319 e. The molecule has 0 unspecified atom stereocenters. The first-order valence-electron chi connectivity index (χ1n) is 9.23. The summed E-state index contributed by atoms with van der Waals surface area (Å²) in [5, 5.41) is 8.44. The first kappa shape index (κ1) is 21.6. The van der Waals surface area contributed by atoms with Crippen LogP contribution in [0.1, 0.15) is 39.7 Å². The van der Waals surface area contributed by atoms with Gasteiger partial charge in [-0.1, -0.05) is 6.92 Å². The van der Waals surface area contributed by atoms with Gasteiger partial charge in [-0.05, 0) is 51.0 Å². The Morgan fingerprint density at radius 2 is 1.73 bits per heavy atom. The third-order valence-corrected chi connectivity index (χ3v) is 4.21. The van der Waals surface area contributed by atoms with Crippen LogP contribution in [0.4, 0.5) is 21.0 Å². The lowest BCUT2D eigenvalue weighted by Gasteiger charge is -2.30. The van der Waals surface area contributed by atoms with Crippen LogP contribution in [-0.2, 0) is 6.54 Å². The van der Waals surface area contributed by atoms with Gasteiger partial charge in [0.15, 0.2) is 0 Å². The first-order chi connectivity index (χ1) is 12.3. The number of rotatable bonds is 8. The van der Waals surface area contributed by atoms with Gasteiger partial charge in [0.1, 0.15) is 0 Å². The van der Waals surface area contributed by atoms with Gasteiger partial charge in [-0.3, -0.25) is 0 Å². The summed E-state index contributed by atoms with van der Waals surface area (Å²) in [4.78, 5) is 28.2. The molecule has 26 heavy (non-hydrogen) atoms. The van der Waals surface area contributed by atoms with Crippen LogP contribution in [-0.4, -0.2) is 50.2 Å². The zero-order valence-electron chi connectivity index (χ0n) is 16.8. The second-order valence-electron chi connectivity index (χ2n) is 6.44. The lowest BCUT2D eigenvalue weighted by molar-refractivity contribution is 0.174. The molecule has 7 nitrogen and oxygen atoms in total. The summed E-state index contributed by atoms with van der Waals surface area (Å²) in [6, 6.07) is 5.56. The quantitative estimate of drug-likeness (QED) is 0.664. The monoisotopic (exact) mass is 363 g/mol. The Morgan fingerprint density at radius 3 is 2.27 bits per heavy atom. The summed E-state index contributed by atoms with van der Waals surface area (Å²) in [5.41, 5.74) is 2.71. The van der Waals surface area contributed by atoms with Crippen molar-refractivity contribution < 1.29 is 9.59 Å². The van der Waals surface area contributed by atoms with E-state index in [1.165, 1.54) is 0 Å². The topological polar surface area (TPSA) is 76.7 Å². The molecule has 0 aliphatic rings. The standard InChI is InChI=1S/C19H33N5O2/c1-7-14(4)24(19(26)21-9-3)13-15-12-16(22-18(25)20-8-2)10-11-17(15)23(5)6/h10-12,14H,7-9,13H2,1-6H3,(H,21,26)(H2,20,22,25)/t14-/m1/s1. The van der Waals surface area contributed by atoms with E-state index in [2.05, 4.69) is 22.9 Å². The van der Waals surface area contributed by atoms with Crippen LogP contribution in [0.25, 0.3) is 0 Å². The number of benzene rings is 1. The average Bonchev–Trinajstić information content (AvgIpc) is 2.59. The summed E-state index contributed by atoms with van der Waals surface area (Å²) in [5.74, 6) is 0. The summed E-state index contributed by atoms with van der Waals surface area (Å²) in [6.07, 6.45) is 0.866. The maximum atomic E-state index is 12.5. The fourth-order valence-electron chi connectivity index (χ4n) is 2.65. The minimum atomic E-state index is -0.237. The van der Waals surface area contributed by atoms with Crippen molar-refractivity contribution in [1.29, 1.82) is 0 Å². The van der Waals surface area contributed by atoms with Crippen LogP contribution in [0.3, 0.4) is 0 Å². The van der Waals surface area contributed by atoms with Crippen LogP contribution < -0.4 is 20.9 Å². The molecular formula is C19H33N5O2. The zero-order valence-corrected chi connectivity index (χ0v) is 16.8. The van der Waals surface area contributed by atoms with Crippen molar-refractivity contribution >= 4 is 23.4 Å². The van der Waals surface area contributed by atoms with Crippen molar-refractivity contribution in [2.75, 3.05) is 37.4 Å². The summed E-state index contributed by atoms with van der Waals surface area (Å²) >= 11 is 0. The van der Waals surface area contributed by atoms with Crippen molar-refractivity contribution in [2.24, 2.45) is 0 Å². The molecule has 0 saturated carbocycles. The molecule has 4 amide bonds. The summed E-state index contributed by atoms with van der Waals surface area (Å²) in [6.45, 7) is 9.52. The van der Waals surface area contributed by atoms with Crippen LogP contribution in [0, 0.1) is 0 Å². The number of nitrogens with one attached hydrogen (secondary N) is 3. The molecule has 0 heterocycles. The largest absolute Gasteiger partial charge is 0.377 e. The van der Waals surface area contributed by atoms with Gasteiger partial charge in [0.2, 0.25) is 0 Å². The lowest BCUT2D eigenvalue weighted by atomic mass is 10.1. The first-order valence-corrected chi connectivity index (χ1v) is 9.23. The number of hydrogen-bond acceptors (Lipinski definition) is 3.